The first kappa shape index (κ1) is 16.9. The lowest BCUT2D eigenvalue weighted by atomic mass is 10.0. The van der Waals surface area contributed by atoms with Crippen molar-refractivity contribution >= 4 is 11.9 Å². The fourth-order valence-electron chi connectivity index (χ4n) is 1.66. The Morgan fingerprint density at radius 3 is 2.38 bits per heavy atom. The zero-order valence-corrected chi connectivity index (χ0v) is 12.4. The van der Waals surface area contributed by atoms with E-state index < -0.39 is 12.0 Å². The summed E-state index contributed by atoms with van der Waals surface area (Å²) < 4.78 is 22.7. The highest BCUT2D eigenvalue weighted by molar-refractivity contribution is 5.84. The van der Waals surface area contributed by atoms with Crippen molar-refractivity contribution in [1.29, 1.82) is 0 Å². The van der Waals surface area contributed by atoms with Crippen LogP contribution >= 0.6 is 0 Å². The highest BCUT2D eigenvalue weighted by Crippen LogP contribution is 2.11. The fraction of sp³-hybridized carbons (Fsp3) is 0.467. The van der Waals surface area contributed by atoms with Crippen molar-refractivity contribution in [1.82, 2.24) is 5.32 Å². The molecule has 1 N–H and O–H groups in total. The molecule has 21 heavy (non-hydrogen) atoms. The maximum absolute atomic E-state index is 12.7. The maximum Gasteiger partial charge on any atom is 0.328 e. The van der Waals surface area contributed by atoms with Crippen molar-refractivity contribution in [2.75, 3.05) is 13.7 Å². The standard InChI is InChI=1S/C15H20FNO4/c1-10(2)14(15(19)20-3)17-13(18)8-9-21-12-6-4-11(16)5-7-12/h4-7,10,14H,8-9H2,1-3H3,(H,17,18). The number of methoxy groups -OCH3 is 1. The van der Waals surface area contributed by atoms with E-state index in [1.165, 1.54) is 31.4 Å². The quantitative estimate of drug-likeness (QED) is 0.781. The summed E-state index contributed by atoms with van der Waals surface area (Å²) in [4.78, 5) is 23.3. The molecule has 0 heterocycles. The number of hydrogen-bond acceptors (Lipinski definition) is 4. The number of nitrogens with one attached hydrogen (secondary N) is 1. The van der Waals surface area contributed by atoms with Gasteiger partial charge in [-0.3, -0.25) is 4.79 Å². The Morgan fingerprint density at radius 2 is 1.86 bits per heavy atom. The number of hydrogen-bond donors (Lipinski definition) is 1. The molecule has 0 radical (unpaired) electrons. The largest absolute Gasteiger partial charge is 0.493 e. The average molecular weight is 297 g/mol. The Bertz CT molecular complexity index is 473. The topological polar surface area (TPSA) is 64.6 Å². The van der Waals surface area contributed by atoms with Crippen LogP contribution < -0.4 is 10.1 Å². The molecular formula is C15H20FNO4. The second-order valence-corrected chi connectivity index (χ2v) is 4.86. The molecule has 0 saturated heterocycles. The molecule has 0 bridgehead atoms. The van der Waals surface area contributed by atoms with Gasteiger partial charge in [-0.1, -0.05) is 13.8 Å². The zero-order chi connectivity index (χ0) is 15.8. The Hall–Kier alpha value is -2.11. The molecule has 0 spiro atoms. The molecule has 6 heteroatoms. The van der Waals surface area contributed by atoms with Crippen molar-refractivity contribution in [2.45, 2.75) is 26.3 Å². The lowest BCUT2D eigenvalue weighted by Gasteiger charge is -2.19. The van der Waals surface area contributed by atoms with Crippen LogP contribution in [0.25, 0.3) is 0 Å². The molecule has 0 aromatic heterocycles. The molecule has 1 rings (SSSR count). The van der Waals surface area contributed by atoms with Gasteiger partial charge < -0.3 is 14.8 Å². The normalized spacial score (nSPS) is 11.9. The molecule has 0 aliphatic heterocycles. The SMILES string of the molecule is COC(=O)C(NC(=O)CCOc1ccc(F)cc1)C(C)C. The van der Waals surface area contributed by atoms with Crippen LogP contribution in [-0.2, 0) is 14.3 Å². The smallest absolute Gasteiger partial charge is 0.328 e. The molecule has 0 saturated carbocycles. The van der Waals surface area contributed by atoms with Crippen LogP contribution in [0.5, 0.6) is 5.75 Å². The van der Waals surface area contributed by atoms with Gasteiger partial charge in [0.1, 0.15) is 17.6 Å². The molecular weight excluding hydrogens is 277 g/mol. The van der Waals surface area contributed by atoms with E-state index in [0.717, 1.165) is 0 Å². The van der Waals surface area contributed by atoms with E-state index in [0.29, 0.717) is 5.75 Å². The Labute approximate surface area is 123 Å². The highest BCUT2D eigenvalue weighted by Gasteiger charge is 2.24. The number of benzene rings is 1. The molecule has 1 aromatic rings. The molecule has 0 aliphatic rings. The molecule has 1 atom stereocenters. The van der Waals surface area contributed by atoms with Crippen molar-refractivity contribution in [3.05, 3.63) is 30.1 Å². The van der Waals surface area contributed by atoms with Gasteiger partial charge in [-0.2, -0.15) is 0 Å². The molecule has 1 aromatic carbocycles. The first-order chi connectivity index (χ1) is 9.93. The van der Waals surface area contributed by atoms with E-state index in [1.807, 2.05) is 13.8 Å². The van der Waals surface area contributed by atoms with Crippen molar-refractivity contribution < 1.29 is 23.5 Å². The van der Waals surface area contributed by atoms with Crippen molar-refractivity contribution in [3.63, 3.8) is 0 Å². The number of ether oxygens (including phenoxy) is 2. The van der Waals surface area contributed by atoms with Crippen LogP contribution in [0.1, 0.15) is 20.3 Å². The molecule has 0 aliphatic carbocycles. The molecule has 1 unspecified atom stereocenters. The van der Waals surface area contributed by atoms with E-state index in [2.05, 4.69) is 10.1 Å². The number of esters is 1. The predicted octanol–water partition coefficient (Wildman–Crippen LogP) is 1.91. The fourth-order valence-corrected chi connectivity index (χ4v) is 1.66. The first-order valence-electron chi connectivity index (χ1n) is 6.69. The van der Waals surface area contributed by atoms with Crippen LogP contribution in [-0.4, -0.2) is 31.6 Å². The summed E-state index contributed by atoms with van der Waals surface area (Å²) in [5.74, 6) is -0.714. The van der Waals surface area contributed by atoms with Gasteiger partial charge in [0, 0.05) is 0 Å². The average Bonchev–Trinajstić information content (AvgIpc) is 2.45. The number of amides is 1. The minimum absolute atomic E-state index is 0.0700. The summed E-state index contributed by atoms with van der Waals surface area (Å²) >= 11 is 0. The van der Waals surface area contributed by atoms with Gasteiger partial charge in [-0.05, 0) is 30.2 Å². The van der Waals surface area contributed by atoms with E-state index in [-0.39, 0.29) is 30.7 Å². The third-order valence-corrected chi connectivity index (χ3v) is 2.85. The molecule has 5 nitrogen and oxygen atoms in total. The van der Waals surface area contributed by atoms with Gasteiger partial charge in [0.05, 0.1) is 20.1 Å². The third kappa shape index (κ3) is 5.81. The van der Waals surface area contributed by atoms with Gasteiger partial charge in [0.15, 0.2) is 0 Å². The molecule has 0 fully saturated rings. The number of halogens is 1. The van der Waals surface area contributed by atoms with Crippen molar-refractivity contribution in [3.8, 4) is 5.75 Å². The summed E-state index contributed by atoms with van der Waals surface area (Å²) in [6.45, 7) is 3.78. The number of carbonyl (C=O) groups is 2. The van der Waals surface area contributed by atoms with Gasteiger partial charge in [0.25, 0.3) is 0 Å². The number of rotatable bonds is 7. The Balaban J connectivity index is 2.39. The van der Waals surface area contributed by atoms with E-state index >= 15 is 0 Å². The van der Waals surface area contributed by atoms with Crippen LogP contribution in [0.3, 0.4) is 0 Å². The summed E-state index contributed by atoms with van der Waals surface area (Å²) in [5, 5.41) is 2.61. The first-order valence-corrected chi connectivity index (χ1v) is 6.69. The maximum atomic E-state index is 12.7. The second kappa shape index (κ2) is 8.24. The highest BCUT2D eigenvalue weighted by atomic mass is 19.1. The van der Waals surface area contributed by atoms with Crippen molar-refractivity contribution in [2.24, 2.45) is 5.92 Å². The van der Waals surface area contributed by atoms with Gasteiger partial charge in [-0.15, -0.1) is 0 Å². The zero-order valence-electron chi connectivity index (χ0n) is 12.4. The summed E-state index contributed by atoms with van der Waals surface area (Å²) in [7, 11) is 1.28. The van der Waals surface area contributed by atoms with Crippen LogP contribution in [0.2, 0.25) is 0 Å². The molecule has 116 valence electrons. The molecule has 1 amide bonds. The van der Waals surface area contributed by atoms with Gasteiger partial charge >= 0.3 is 5.97 Å². The van der Waals surface area contributed by atoms with Crippen LogP contribution in [0.4, 0.5) is 4.39 Å². The van der Waals surface area contributed by atoms with Crippen LogP contribution in [0, 0.1) is 11.7 Å². The lowest BCUT2D eigenvalue weighted by molar-refractivity contribution is -0.146. The lowest BCUT2D eigenvalue weighted by Crippen LogP contribution is -2.45. The summed E-state index contributed by atoms with van der Waals surface area (Å²) in [6.07, 6.45) is 0.0948. The van der Waals surface area contributed by atoms with E-state index in [9.17, 15) is 14.0 Å². The Morgan fingerprint density at radius 1 is 1.24 bits per heavy atom. The number of carbonyl (C=O) groups excluding carboxylic acids is 2. The van der Waals surface area contributed by atoms with E-state index in [1.54, 1.807) is 0 Å². The Kier molecular flexibility index (Phi) is 6.65. The summed E-state index contributed by atoms with van der Waals surface area (Å²) in [5.41, 5.74) is 0. The minimum Gasteiger partial charge on any atom is -0.493 e. The van der Waals surface area contributed by atoms with Crippen LogP contribution in [0.15, 0.2) is 24.3 Å². The minimum atomic E-state index is -0.673. The van der Waals surface area contributed by atoms with E-state index in [4.69, 9.17) is 4.74 Å². The summed E-state index contributed by atoms with van der Waals surface area (Å²) in [6, 6.07) is 4.86. The van der Waals surface area contributed by atoms with Gasteiger partial charge in [0.2, 0.25) is 5.91 Å². The predicted molar refractivity (Wildman–Crippen MR) is 75.3 cm³/mol. The third-order valence-electron chi connectivity index (χ3n) is 2.85. The second-order valence-electron chi connectivity index (χ2n) is 4.86. The monoisotopic (exact) mass is 297 g/mol. The van der Waals surface area contributed by atoms with Gasteiger partial charge in [-0.25, -0.2) is 9.18 Å².